The highest BCUT2D eigenvalue weighted by Crippen LogP contribution is 2.37. The number of halogens is 1. The van der Waals surface area contributed by atoms with Crippen LogP contribution in [0.2, 0.25) is 5.02 Å². The number of carbonyl (C=O) groups excluding carboxylic acids is 1. The Balaban J connectivity index is 2.19. The van der Waals surface area contributed by atoms with Crippen molar-refractivity contribution in [2.75, 3.05) is 26.4 Å². The van der Waals surface area contributed by atoms with Crippen LogP contribution in [0.25, 0.3) is 6.08 Å². The Labute approximate surface area is 164 Å². The summed E-state index contributed by atoms with van der Waals surface area (Å²) in [5, 5.41) is 12.3. The second kappa shape index (κ2) is 10.5. The average Bonchev–Trinajstić information content (AvgIpc) is 3.17. The fraction of sp³-hybridized carbons (Fsp3) is 0.400. The maximum atomic E-state index is 12.3. The SMILES string of the molecule is C#CCOc1c(Cl)cc(/C=C(\C#N)C(=O)NCC2CCCO2)cc1OCC. The Bertz CT molecular complexity index is 786. The Morgan fingerprint density at radius 1 is 1.52 bits per heavy atom. The number of hydrogen-bond acceptors (Lipinski definition) is 5. The van der Waals surface area contributed by atoms with Gasteiger partial charge in [-0.3, -0.25) is 4.79 Å². The highest BCUT2D eigenvalue weighted by molar-refractivity contribution is 6.32. The molecule has 27 heavy (non-hydrogen) atoms. The summed E-state index contributed by atoms with van der Waals surface area (Å²) >= 11 is 6.26. The molecule has 7 heteroatoms. The second-order valence-electron chi connectivity index (χ2n) is 5.77. The number of hydrogen-bond donors (Lipinski definition) is 1. The summed E-state index contributed by atoms with van der Waals surface area (Å²) in [5.74, 6) is 2.62. The van der Waals surface area contributed by atoms with Crippen LogP contribution in [0, 0.1) is 23.7 Å². The van der Waals surface area contributed by atoms with Crippen molar-refractivity contribution in [3.05, 3.63) is 28.3 Å². The monoisotopic (exact) mass is 388 g/mol. The molecule has 142 valence electrons. The first-order valence-electron chi connectivity index (χ1n) is 8.63. The molecule has 6 nitrogen and oxygen atoms in total. The van der Waals surface area contributed by atoms with Gasteiger partial charge in [-0.05, 0) is 43.5 Å². The van der Waals surface area contributed by atoms with E-state index in [0.717, 1.165) is 12.8 Å². The number of ether oxygens (including phenoxy) is 3. The van der Waals surface area contributed by atoms with E-state index in [1.165, 1.54) is 6.08 Å². The van der Waals surface area contributed by atoms with Crippen molar-refractivity contribution in [1.29, 1.82) is 5.26 Å². The molecule has 1 aromatic rings. The second-order valence-corrected chi connectivity index (χ2v) is 6.18. The van der Waals surface area contributed by atoms with Crippen LogP contribution in [0.4, 0.5) is 0 Å². The summed E-state index contributed by atoms with van der Waals surface area (Å²) in [7, 11) is 0. The molecule has 1 heterocycles. The smallest absolute Gasteiger partial charge is 0.262 e. The maximum Gasteiger partial charge on any atom is 0.262 e. The lowest BCUT2D eigenvalue weighted by Gasteiger charge is -2.13. The lowest BCUT2D eigenvalue weighted by atomic mass is 10.1. The zero-order valence-electron chi connectivity index (χ0n) is 15.1. The predicted molar refractivity (Wildman–Crippen MR) is 103 cm³/mol. The Hall–Kier alpha value is -2.67. The molecule has 1 aliphatic heterocycles. The molecule has 2 rings (SSSR count). The van der Waals surface area contributed by atoms with E-state index in [2.05, 4.69) is 11.2 Å². The molecule has 0 aliphatic carbocycles. The Morgan fingerprint density at radius 3 is 2.96 bits per heavy atom. The van der Waals surface area contributed by atoms with Crippen LogP contribution in [-0.2, 0) is 9.53 Å². The predicted octanol–water partition coefficient (Wildman–Crippen LogP) is 2.95. The van der Waals surface area contributed by atoms with Crippen LogP contribution in [0.15, 0.2) is 17.7 Å². The number of terminal acetylenes is 1. The van der Waals surface area contributed by atoms with Crippen molar-refractivity contribution < 1.29 is 19.0 Å². The van der Waals surface area contributed by atoms with E-state index < -0.39 is 5.91 Å². The zero-order chi connectivity index (χ0) is 19.6. The van der Waals surface area contributed by atoms with Gasteiger partial charge in [-0.25, -0.2) is 0 Å². The summed E-state index contributed by atoms with van der Waals surface area (Å²) in [5.41, 5.74) is 0.504. The fourth-order valence-corrected chi connectivity index (χ4v) is 2.88. The van der Waals surface area contributed by atoms with Crippen molar-refractivity contribution in [3.63, 3.8) is 0 Å². The van der Waals surface area contributed by atoms with Crippen molar-refractivity contribution in [2.45, 2.75) is 25.9 Å². The number of amides is 1. The lowest BCUT2D eigenvalue weighted by Crippen LogP contribution is -2.32. The first kappa shape index (κ1) is 20.6. The van der Waals surface area contributed by atoms with Crippen LogP contribution >= 0.6 is 11.6 Å². The van der Waals surface area contributed by atoms with Gasteiger partial charge in [-0.2, -0.15) is 5.26 Å². The third-order valence-electron chi connectivity index (χ3n) is 3.82. The molecule has 1 amide bonds. The van der Waals surface area contributed by atoms with Gasteiger partial charge in [-0.1, -0.05) is 17.5 Å². The molecule has 1 aliphatic rings. The van der Waals surface area contributed by atoms with E-state index in [0.29, 0.717) is 36.8 Å². The van der Waals surface area contributed by atoms with Crippen LogP contribution in [0.5, 0.6) is 11.5 Å². The first-order valence-corrected chi connectivity index (χ1v) is 9.01. The quantitative estimate of drug-likeness (QED) is 0.420. The maximum absolute atomic E-state index is 12.3. The third kappa shape index (κ3) is 5.92. The molecule has 0 aromatic heterocycles. The summed E-state index contributed by atoms with van der Waals surface area (Å²) in [6, 6.07) is 5.14. The zero-order valence-corrected chi connectivity index (χ0v) is 15.8. The minimum Gasteiger partial charge on any atom is -0.490 e. The number of carbonyl (C=O) groups is 1. The Kier molecular flexibility index (Phi) is 8.00. The normalized spacial score (nSPS) is 16.3. The van der Waals surface area contributed by atoms with E-state index in [1.54, 1.807) is 12.1 Å². The van der Waals surface area contributed by atoms with E-state index in [4.69, 9.17) is 32.2 Å². The van der Waals surface area contributed by atoms with Crippen LogP contribution in [-0.4, -0.2) is 38.4 Å². The van der Waals surface area contributed by atoms with Gasteiger partial charge < -0.3 is 19.5 Å². The molecular weight excluding hydrogens is 368 g/mol. The van der Waals surface area contributed by atoms with Gasteiger partial charge >= 0.3 is 0 Å². The highest BCUT2D eigenvalue weighted by Gasteiger charge is 2.18. The van der Waals surface area contributed by atoms with Gasteiger partial charge in [-0.15, -0.1) is 6.42 Å². The number of benzene rings is 1. The van der Waals surface area contributed by atoms with Gasteiger partial charge in [0, 0.05) is 13.2 Å². The number of nitriles is 1. The molecule has 0 spiro atoms. The summed E-state index contributed by atoms with van der Waals surface area (Å²) in [6.07, 6.45) is 8.54. The van der Waals surface area contributed by atoms with Crippen LogP contribution in [0.1, 0.15) is 25.3 Å². The summed E-state index contributed by atoms with van der Waals surface area (Å²) in [6.45, 7) is 3.34. The lowest BCUT2D eigenvalue weighted by molar-refractivity contribution is -0.117. The summed E-state index contributed by atoms with van der Waals surface area (Å²) < 4.78 is 16.4. The first-order chi connectivity index (χ1) is 13.1. The Morgan fingerprint density at radius 2 is 2.33 bits per heavy atom. The van der Waals surface area contributed by atoms with Crippen molar-refractivity contribution >= 4 is 23.6 Å². The largest absolute Gasteiger partial charge is 0.490 e. The molecule has 1 fully saturated rings. The minimum absolute atomic E-state index is 0.000445. The van der Waals surface area contributed by atoms with E-state index in [1.807, 2.05) is 13.0 Å². The summed E-state index contributed by atoms with van der Waals surface area (Å²) in [4.78, 5) is 12.3. The molecular formula is C20H21ClN2O4. The van der Waals surface area contributed by atoms with Gasteiger partial charge in [0.05, 0.1) is 17.7 Å². The fourth-order valence-electron chi connectivity index (χ4n) is 2.61. The highest BCUT2D eigenvalue weighted by atomic mass is 35.5. The van der Waals surface area contributed by atoms with Crippen molar-refractivity contribution in [2.24, 2.45) is 0 Å². The van der Waals surface area contributed by atoms with Gasteiger partial charge in [0.25, 0.3) is 5.91 Å². The van der Waals surface area contributed by atoms with Crippen LogP contribution in [0.3, 0.4) is 0 Å². The van der Waals surface area contributed by atoms with E-state index >= 15 is 0 Å². The molecule has 1 atom stereocenters. The number of nitrogens with zero attached hydrogens (tertiary/aromatic N) is 1. The molecule has 1 unspecified atom stereocenters. The topological polar surface area (TPSA) is 80.6 Å². The molecule has 0 radical (unpaired) electrons. The van der Waals surface area contributed by atoms with Crippen molar-refractivity contribution in [3.8, 4) is 29.9 Å². The molecule has 1 N–H and O–H groups in total. The van der Waals surface area contributed by atoms with E-state index in [9.17, 15) is 10.1 Å². The number of nitrogens with one attached hydrogen (secondary N) is 1. The average molecular weight is 389 g/mol. The van der Waals surface area contributed by atoms with Crippen LogP contribution < -0.4 is 14.8 Å². The standard InChI is InChI=1S/C20H21ClN2O4/c1-3-7-27-19-17(21)10-14(11-18(19)25-4-2)9-15(12-22)20(24)23-13-16-6-5-8-26-16/h1,9-11,16H,4-8,13H2,2H3,(H,23,24)/b15-9+. The van der Waals surface area contributed by atoms with E-state index in [-0.39, 0.29) is 23.3 Å². The molecule has 0 bridgehead atoms. The van der Waals surface area contributed by atoms with Gasteiger partial charge in [0.15, 0.2) is 11.5 Å². The third-order valence-corrected chi connectivity index (χ3v) is 4.10. The van der Waals surface area contributed by atoms with Crippen molar-refractivity contribution in [1.82, 2.24) is 5.32 Å². The van der Waals surface area contributed by atoms with Gasteiger partial charge in [0.2, 0.25) is 0 Å². The minimum atomic E-state index is -0.463. The molecule has 1 saturated heterocycles. The number of rotatable bonds is 8. The molecule has 0 saturated carbocycles. The molecule has 1 aromatic carbocycles. The van der Waals surface area contributed by atoms with Gasteiger partial charge in [0.1, 0.15) is 18.2 Å².